The van der Waals surface area contributed by atoms with Crippen molar-refractivity contribution in [1.82, 2.24) is 0 Å². The maximum atomic E-state index is 13.2. The molecule has 0 bridgehead atoms. The van der Waals surface area contributed by atoms with Gasteiger partial charge in [-0.3, -0.25) is 0 Å². The maximum Gasteiger partial charge on any atom is 0.339 e. The van der Waals surface area contributed by atoms with Gasteiger partial charge in [-0.05, 0) is 61.3 Å². The Hall–Kier alpha value is -0.900. The highest BCUT2D eigenvalue weighted by Crippen LogP contribution is 2.23. The van der Waals surface area contributed by atoms with Crippen molar-refractivity contribution < 1.29 is 13.9 Å². The molecule has 0 radical (unpaired) electrons. The van der Waals surface area contributed by atoms with Crippen molar-refractivity contribution in [1.29, 1.82) is 0 Å². The summed E-state index contributed by atoms with van der Waals surface area (Å²) >= 11 is 3.15. The summed E-state index contributed by atoms with van der Waals surface area (Å²) in [7, 11) is 0. The van der Waals surface area contributed by atoms with Gasteiger partial charge in [0.2, 0.25) is 0 Å². The molecule has 1 rings (SSSR count). The van der Waals surface area contributed by atoms with E-state index in [1.165, 1.54) is 12.1 Å². The van der Waals surface area contributed by atoms with Crippen LogP contribution in [0.25, 0.3) is 0 Å². The Bertz CT molecular complexity index is 422. The first kappa shape index (κ1) is 13.2. The van der Waals surface area contributed by atoms with Gasteiger partial charge >= 0.3 is 5.97 Å². The minimum atomic E-state index is -0.557. The Labute approximate surface area is 103 Å². The van der Waals surface area contributed by atoms with Gasteiger partial charge in [0.1, 0.15) is 11.4 Å². The minimum Gasteiger partial charge on any atom is -0.456 e. The van der Waals surface area contributed by atoms with Gasteiger partial charge in [-0.1, -0.05) is 0 Å². The summed E-state index contributed by atoms with van der Waals surface area (Å²) in [5.74, 6) is -0.804. The number of benzene rings is 1. The van der Waals surface area contributed by atoms with E-state index in [1.807, 2.05) is 0 Å². The van der Waals surface area contributed by atoms with E-state index in [-0.39, 0.29) is 5.82 Å². The van der Waals surface area contributed by atoms with Gasteiger partial charge in [0, 0.05) is 4.47 Å². The zero-order valence-corrected chi connectivity index (χ0v) is 11.3. The summed E-state index contributed by atoms with van der Waals surface area (Å²) in [6.07, 6.45) is 0. The zero-order valence-electron chi connectivity index (χ0n) is 9.73. The molecule has 0 unspecified atom stereocenters. The molecule has 0 aromatic heterocycles. The normalized spacial score (nSPS) is 11.4. The summed E-state index contributed by atoms with van der Waals surface area (Å²) in [6.45, 7) is 6.97. The lowest BCUT2D eigenvalue weighted by Gasteiger charge is -2.20. The van der Waals surface area contributed by atoms with Gasteiger partial charge in [-0.25, -0.2) is 9.18 Å². The molecular formula is C12H14BrFO2. The first-order valence-corrected chi connectivity index (χ1v) is 5.69. The van der Waals surface area contributed by atoms with Gasteiger partial charge in [0.25, 0.3) is 0 Å². The van der Waals surface area contributed by atoms with Gasteiger partial charge in [0.05, 0.1) is 5.56 Å². The van der Waals surface area contributed by atoms with Crippen LogP contribution in [0, 0.1) is 12.7 Å². The van der Waals surface area contributed by atoms with Gasteiger partial charge in [0.15, 0.2) is 0 Å². The third-order valence-corrected chi connectivity index (χ3v) is 2.52. The quantitative estimate of drug-likeness (QED) is 0.734. The lowest BCUT2D eigenvalue weighted by molar-refractivity contribution is 0.00683. The second-order valence-electron chi connectivity index (χ2n) is 4.58. The number of ether oxygens (including phenoxy) is 1. The Morgan fingerprint density at radius 3 is 2.44 bits per heavy atom. The Morgan fingerprint density at radius 2 is 1.94 bits per heavy atom. The molecule has 16 heavy (non-hydrogen) atoms. The molecule has 2 nitrogen and oxygen atoms in total. The standard InChI is InChI=1S/C12H14BrFO2/c1-7-5-8(9(13)6-10(7)14)11(15)16-12(2,3)4/h5-6H,1-4H3. The van der Waals surface area contributed by atoms with E-state index in [1.54, 1.807) is 27.7 Å². The van der Waals surface area contributed by atoms with Crippen LogP contribution in [0.1, 0.15) is 36.7 Å². The summed E-state index contributed by atoms with van der Waals surface area (Å²) in [4.78, 5) is 11.8. The van der Waals surface area contributed by atoms with Crippen LogP contribution in [0.15, 0.2) is 16.6 Å². The SMILES string of the molecule is Cc1cc(C(=O)OC(C)(C)C)c(Br)cc1F. The van der Waals surface area contributed by atoms with E-state index in [4.69, 9.17) is 4.74 Å². The highest BCUT2D eigenvalue weighted by atomic mass is 79.9. The molecule has 0 saturated carbocycles. The van der Waals surface area contributed by atoms with E-state index in [0.29, 0.717) is 15.6 Å². The summed E-state index contributed by atoms with van der Waals surface area (Å²) < 4.78 is 18.8. The fourth-order valence-corrected chi connectivity index (χ4v) is 1.62. The Balaban J connectivity index is 3.05. The molecule has 0 fully saturated rings. The average Bonchev–Trinajstić information content (AvgIpc) is 2.08. The van der Waals surface area contributed by atoms with E-state index in [0.717, 1.165) is 0 Å². The molecule has 0 spiro atoms. The molecule has 0 aliphatic rings. The third kappa shape index (κ3) is 3.30. The number of carbonyl (C=O) groups excluding carboxylic acids is 1. The number of hydrogen-bond acceptors (Lipinski definition) is 2. The van der Waals surface area contributed by atoms with E-state index in [2.05, 4.69) is 15.9 Å². The van der Waals surface area contributed by atoms with Crippen molar-refractivity contribution in [2.24, 2.45) is 0 Å². The first-order valence-electron chi connectivity index (χ1n) is 4.90. The fourth-order valence-electron chi connectivity index (χ4n) is 1.15. The number of halogens is 2. The number of aryl methyl sites for hydroxylation is 1. The fraction of sp³-hybridized carbons (Fsp3) is 0.417. The lowest BCUT2D eigenvalue weighted by atomic mass is 10.1. The minimum absolute atomic E-state index is 0.342. The summed E-state index contributed by atoms with van der Waals surface area (Å²) in [5, 5.41) is 0. The van der Waals surface area contributed by atoms with Gasteiger partial charge in [-0.15, -0.1) is 0 Å². The number of hydrogen-bond donors (Lipinski definition) is 0. The lowest BCUT2D eigenvalue weighted by Crippen LogP contribution is -2.24. The highest BCUT2D eigenvalue weighted by Gasteiger charge is 2.20. The molecular weight excluding hydrogens is 275 g/mol. The topological polar surface area (TPSA) is 26.3 Å². The van der Waals surface area contributed by atoms with Crippen molar-refractivity contribution in [3.05, 3.63) is 33.5 Å². The van der Waals surface area contributed by atoms with E-state index < -0.39 is 11.6 Å². The molecule has 1 aromatic carbocycles. The molecule has 0 amide bonds. The Kier molecular flexibility index (Phi) is 3.73. The largest absolute Gasteiger partial charge is 0.456 e. The molecule has 0 heterocycles. The average molecular weight is 289 g/mol. The van der Waals surface area contributed by atoms with Crippen LogP contribution in [0.5, 0.6) is 0 Å². The molecule has 0 N–H and O–H groups in total. The van der Waals surface area contributed by atoms with Crippen LogP contribution >= 0.6 is 15.9 Å². The summed E-state index contributed by atoms with van der Waals surface area (Å²) in [6, 6.07) is 2.75. The van der Waals surface area contributed by atoms with Gasteiger partial charge < -0.3 is 4.74 Å². The van der Waals surface area contributed by atoms with Crippen LogP contribution in [0.2, 0.25) is 0 Å². The number of carbonyl (C=O) groups is 1. The number of rotatable bonds is 1. The van der Waals surface area contributed by atoms with Crippen LogP contribution in [0.4, 0.5) is 4.39 Å². The molecule has 0 aliphatic heterocycles. The summed E-state index contributed by atoms with van der Waals surface area (Å²) in [5.41, 5.74) is 0.205. The molecule has 0 atom stereocenters. The molecule has 1 aromatic rings. The van der Waals surface area contributed by atoms with Crippen LogP contribution in [-0.2, 0) is 4.74 Å². The molecule has 88 valence electrons. The smallest absolute Gasteiger partial charge is 0.339 e. The zero-order chi connectivity index (χ0) is 12.5. The van der Waals surface area contributed by atoms with Gasteiger partial charge in [-0.2, -0.15) is 0 Å². The van der Waals surface area contributed by atoms with Crippen molar-refractivity contribution in [2.45, 2.75) is 33.3 Å². The molecule has 0 aliphatic carbocycles. The van der Waals surface area contributed by atoms with Crippen molar-refractivity contribution in [3.63, 3.8) is 0 Å². The Morgan fingerprint density at radius 1 is 1.38 bits per heavy atom. The predicted molar refractivity (Wildman–Crippen MR) is 64.0 cm³/mol. The predicted octanol–water partition coefficient (Wildman–Crippen LogP) is 3.85. The third-order valence-electron chi connectivity index (χ3n) is 1.87. The van der Waals surface area contributed by atoms with E-state index >= 15 is 0 Å². The highest BCUT2D eigenvalue weighted by molar-refractivity contribution is 9.10. The van der Waals surface area contributed by atoms with Crippen LogP contribution in [-0.4, -0.2) is 11.6 Å². The monoisotopic (exact) mass is 288 g/mol. The van der Waals surface area contributed by atoms with Crippen LogP contribution in [0.3, 0.4) is 0 Å². The second kappa shape index (κ2) is 4.53. The van der Waals surface area contributed by atoms with Crippen molar-refractivity contribution >= 4 is 21.9 Å². The van der Waals surface area contributed by atoms with Crippen molar-refractivity contribution in [2.75, 3.05) is 0 Å². The molecule has 4 heteroatoms. The number of esters is 1. The van der Waals surface area contributed by atoms with Crippen LogP contribution < -0.4 is 0 Å². The molecule has 0 saturated heterocycles. The second-order valence-corrected chi connectivity index (χ2v) is 5.44. The maximum absolute atomic E-state index is 13.2. The van der Waals surface area contributed by atoms with Crippen molar-refractivity contribution in [3.8, 4) is 0 Å². The van der Waals surface area contributed by atoms with E-state index in [9.17, 15) is 9.18 Å². The first-order chi connectivity index (χ1) is 7.20.